The summed E-state index contributed by atoms with van der Waals surface area (Å²) in [5.41, 5.74) is 3.43. The van der Waals surface area contributed by atoms with Crippen LogP contribution in [0.5, 0.6) is 11.5 Å². The molecule has 5 nitrogen and oxygen atoms in total. The molecule has 2 aromatic carbocycles. The molecule has 1 aliphatic heterocycles. The first kappa shape index (κ1) is 21.0. The molecule has 3 rings (SSSR count). The number of benzene rings is 2. The van der Waals surface area contributed by atoms with Gasteiger partial charge in [0.1, 0.15) is 11.5 Å². The Morgan fingerprint density at radius 2 is 1.62 bits per heavy atom. The van der Waals surface area contributed by atoms with Gasteiger partial charge in [-0.1, -0.05) is 26.0 Å². The van der Waals surface area contributed by atoms with Crippen LogP contribution in [0.3, 0.4) is 0 Å². The topological polar surface area (TPSA) is 42.0 Å². The van der Waals surface area contributed by atoms with E-state index in [1.165, 1.54) is 0 Å². The number of amides is 1. The maximum atomic E-state index is 13.0. The number of anilines is 1. The molecular formula is C24H32N2O3. The number of aryl methyl sites for hydroxylation is 1. The summed E-state index contributed by atoms with van der Waals surface area (Å²) in [6, 6.07) is 14.3. The molecular weight excluding hydrogens is 364 g/mol. The van der Waals surface area contributed by atoms with E-state index in [9.17, 15) is 4.79 Å². The van der Waals surface area contributed by atoms with Gasteiger partial charge < -0.3 is 19.3 Å². The van der Waals surface area contributed by atoms with E-state index >= 15 is 0 Å². The van der Waals surface area contributed by atoms with Crippen molar-refractivity contribution in [3.05, 3.63) is 53.6 Å². The number of methoxy groups -OCH3 is 1. The van der Waals surface area contributed by atoms with Crippen molar-refractivity contribution in [1.29, 1.82) is 0 Å². The Labute approximate surface area is 174 Å². The van der Waals surface area contributed by atoms with Crippen LogP contribution < -0.4 is 14.4 Å². The van der Waals surface area contributed by atoms with E-state index in [4.69, 9.17) is 9.47 Å². The van der Waals surface area contributed by atoms with Crippen LogP contribution in [-0.4, -0.2) is 50.2 Å². The van der Waals surface area contributed by atoms with E-state index in [1.54, 1.807) is 7.11 Å². The Bertz CT molecular complexity index is 825. The number of ether oxygens (including phenoxy) is 2. The van der Waals surface area contributed by atoms with Crippen LogP contribution in [0.4, 0.5) is 5.69 Å². The van der Waals surface area contributed by atoms with Gasteiger partial charge in [-0.3, -0.25) is 4.79 Å². The van der Waals surface area contributed by atoms with E-state index < -0.39 is 6.10 Å². The van der Waals surface area contributed by atoms with Crippen molar-refractivity contribution in [2.45, 2.75) is 39.7 Å². The molecule has 0 aliphatic carbocycles. The van der Waals surface area contributed by atoms with Crippen LogP contribution in [0.2, 0.25) is 0 Å². The highest BCUT2D eigenvalue weighted by Gasteiger charge is 2.27. The lowest BCUT2D eigenvalue weighted by atomic mass is 10.0. The molecule has 0 saturated carbocycles. The molecule has 1 amide bonds. The molecule has 0 radical (unpaired) electrons. The second kappa shape index (κ2) is 9.21. The average Bonchev–Trinajstić information content (AvgIpc) is 2.73. The van der Waals surface area contributed by atoms with E-state index in [2.05, 4.69) is 43.0 Å². The molecule has 1 heterocycles. The fraction of sp³-hybridized carbons (Fsp3) is 0.458. The number of nitrogens with zero attached hydrogens (tertiary/aromatic N) is 2. The van der Waals surface area contributed by atoms with Crippen molar-refractivity contribution in [3.63, 3.8) is 0 Å². The molecule has 1 aliphatic rings. The predicted molar refractivity (Wildman–Crippen MR) is 117 cm³/mol. The van der Waals surface area contributed by atoms with Gasteiger partial charge >= 0.3 is 0 Å². The minimum absolute atomic E-state index is 0.0515. The molecule has 0 N–H and O–H groups in total. The molecule has 1 atom stereocenters. The van der Waals surface area contributed by atoms with Gasteiger partial charge in [-0.15, -0.1) is 0 Å². The smallest absolute Gasteiger partial charge is 0.263 e. The minimum Gasteiger partial charge on any atom is -0.497 e. The third kappa shape index (κ3) is 5.03. The summed E-state index contributed by atoms with van der Waals surface area (Å²) in [5.74, 6) is 2.07. The molecule has 29 heavy (non-hydrogen) atoms. The molecule has 156 valence electrons. The van der Waals surface area contributed by atoms with Crippen LogP contribution in [-0.2, 0) is 4.79 Å². The van der Waals surface area contributed by atoms with Gasteiger partial charge in [0.2, 0.25) is 0 Å². The fourth-order valence-corrected chi connectivity index (χ4v) is 3.70. The van der Waals surface area contributed by atoms with E-state index in [0.29, 0.717) is 19.0 Å². The van der Waals surface area contributed by atoms with Gasteiger partial charge in [-0.05, 0) is 61.2 Å². The third-order valence-electron chi connectivity index (χ3n) is 5.47. The summed E-state index contributed by atoms with van der Waals surface area (Å²) >= 11 is 0. The van der Waals surface area contributed by atoms with Crippen LogP contribution in [0, 0.1) is 6.92 Å². The molecule has 1 saturated heterocycles. The van der Waals surface area contributed by atoms with E-state index in [-0.39, 0.29) is 5.91 Å². The summed E-state index contributed by atoms with van der Waals surface area (Å²) in [6.45, 7) is 11.2. The molecule has 5 heteroatoms. The lowest BCUT2D eigenvalue weighted by Crippen LogP contribution is -2.52. The van der Waals surface area contributed by atoms with Gasteiger partial charge in [0.15, 0.2) is 6.10 Å². The number of carbonyl (C=O) groups excluding carboxylic acids is 1. The van der Waals surface area contributed by atoms with Crippen molar-refractivity contribution in [3.8, 4) is 11.5 Å². The normalized spacial score (nSPS) is 15.4. The zero-order valence-electron chi connectivity index (χ0n) is 18.1. The standard InChI is InChI=1S/C24H32N2O3/c1-17(2)22-11-6-18(3)16-23(22)29-19(4)24(27)26-14-12-25(13-15-26)20-7-9-21(28-5)10-8-20/h6-11,16-17,19H,12-15H2,1-5H3/t19-/m1/s1. The minimum atomic E-state index is -0.498. The zero-order chi connectivity index (χ0) is 21.0. The number of carbonyl (C=O) groups is 1. The van der Waals surface area contributed by atoms with Gasteiger partial charge in [0, 0.05) is 31.9 Å². The van der Waals surface area contributed by atoms with Gasteiger partial charge in [-0.2, -0.15) is 0 Å². The highest BCUT2D eigenvalue weighted by Crippen LogP contribution is 2.29. The van der Waals surface area contributed by atoms with Crippen molar-refractivity contribution >= 4 is 11.6 Å². The SMILES string of the molecule is COc1ccc(N2CCN(C(=O)[C@@H](C)Oc3cc(C)ccc3C(C)C)CC2)cc1. The molecule has 0 unspecified atom stereocenters. The average molecular weight is 397 g/mol. The Balaban J connectivity index is 1.59. The van der Waals surface area contributed by atoms with E-state index in [0.717, 1.165) is 41.4 Å². The van der Waals surface area contributed by atoms with E-state index in [1.807, 2.05) is 36.9 Å². The molecule has 2 aromatic rings. The number of hydrogen-bond acceptors (Lipinski definition) is 4. The van der Waals surface area contributed by atoms with Crippen molar-refractivity contribution in [2.24, 2.45) is 0 Å². The summed E-state index contributed by atoms with van der Waals surface area (Å²) in [7, 11) is 1.67. The van der Waals surface area contributed by atoms with Crippen molar-refractivity contribution in [1.82, 2.24) is 4.90 Å². The van der Waals surface area contributed by atoms with Crippen LogP contribution in [0.1, 0.15) is 37.8 Å². The first-order chi connectivity index (χ1) is 13.9. The molecule has 1 fully saturated rings. The van der Waals surface area contributed by atoms with Crippen LogP contribution >= 0.6 is 0 Å². The Hall–Kier alpha value is -2.69. The maximum Gasteiger partial charge on any atom is 0.263 e. The summed E-state index contributed by atoms with van der Waals surface area (Å²) in [6.07, 6.45) is -0.498. The number of rotatable bonds is 6. The predicted octanol–water partition coefficient (Wildman–Crippen LogP) is 4.24. The van der Waals surface area contributed by atoms with Gasteiger partial charge in [0.05, 0.1) is 7.11 Å². The second-order valence-electron chi connectivity index (χ2n) is 7.97. The largest absolute Gasteiger partial charge is 0.497 e. The first-order valence-electron chi connectivity index (χ1n) is 10.3. The summed E-state index contributed by atoms with van der Waals surface area (Å²) in [4.78, 5) is 17.2. The first-order valence-corrected chi connectivity index (χ1v) is 10.3. The number of hydrogen-bond donors (Lipinski definition) is 0. The monoisotopic (exact) mass is 396 g/mol. The third-order valence-corrected chi connectivity index (χ3v) is 5.47. The lowest BCUT2D eigenvalue weighted by molar-refractivity contribution is -0.138. The van der Waals surface area contributed by atoms with Crippen molar-refractivity contribution < 1.29 is 14.3 Å². The quantitative estimate of drug-likeness (QED) is 0.732. The number of piperazine rings is 1. The molecule has 0 bridgehead atoms. The molecule has 0 spiro atoms. The second-order valence-corrected chi connectivity index (χ2v) is 7.97. The Morgan fingerprint density at radius 1 is 0.966 bits per heavy atom. The van der Waals surface area contributed by atoms with Gasteiger partial charge in [-0.25, -0.2) is 0 Å². The summed E-state index contributed by atoms with van der Waals surface area (Å²) in [5, 5.41) is 0. The van der Waals surface area contributed by atoms with Crippen molar-refractivity contribution in [2.75, 3.05) is 38.2 Å². The zero-order valence-corrected chi connectivity index (χ0v) is 18.1. The van der Waals surface area contributed by atoms with Crippen LogP contribution in [0.25, 0.3) is 0 Å². The summed E-state index contributed by atoms with van der Waals surface area (Å²) < 4.78 is 11.3. The Morgan fingerprint density at radius 3 is 2.21 bits per heavy atom. The highest BCUT2D eigenvalue weighted by molar-refractivity contribution is 5.81. The van der Waals surface area contributed by atoms with Gasteiger partial charge in [0.25, 0.3) is 5.91 Å². The Kier molecular flexibility index (Phi) is 6.68. The molecule has 0 aromatic heterocycles. The highest BCUT2D eigenvalue weighted by atomic mass is 16.5. The maximum absolute atomic E-state index is 13.0. The van der Waals surface area contributed by atoms with Crippen LogP contribution in [0.15, 0.2) is 42.5 Å². The fourth-order valence-electron chi connectivity index (χ4n) is 3.70. The lowest BCUT2D eigenvalue weighted by Gasteiger charge is -2.37.